The number of hydrogen-bond acceptors (Lipinski definition) is 2. The first kappa shape index (κ1) is 13.1. The Bertz CT molecular complexity index is 619. The van der Waals surface area contributed by atoms with Crippen molar-refractivity contribution < 1.29 is 9.13 Å². The normalized spacial score (nSPS) is 16.4. The van der Waals surface area contributed by atoms with Crippen molar-refractivity contribution in [1.29, 1.82) is 0 Å². The van der Waals surface area contributed by atoms with Gasteiger partial charge >= 0.3 is 0 Å². The summed E-state index contributed by atoms with van der Waals surface area (Å²) in [5.74, 6) is 0.705. The monoisotopic (exact) mass is 271 g/mol. The second-order valence-electron chi connectivity index (χ2n) is 5.61. The third-order valence-corrected chi connectivity index (χ3v) is 3.81. The van der Waals surface area contributed by atoms with E-state index >= 15 is 0 Å². The maximum atomic E-state index is 13.0. The zero-order chi connectivity index (χ0) is 14.2. The molecule has 1 aliphatic rings. The van der Waals surface area contributed by atoms with Crippen molar-refractivity contribution in [3.05, 3.63) is 65.0 Å². The largest absolute Gasteiger partial charge is 0.493 e. The molecule has 0 fully saturated rings. The van der Waals surface area contributed by atoms with Gasteiger partial charge in [-0.1, -0.05) is 30.3 Å². The standard InChI is InChI=1S/C17H18FNO/c1-17(19,11-12-5-7-14(18)8-6-12)15-4-2-3-13-9-10-20-16(13)15/h2-8H,9-11,19H2,1H3. The number of ether oxygens (including phenoxy) is 1. The molecule has 2 N–H and O–H groups in total. The molecule has 3 heteroatoms. The fourth-order valence-electron chi connectivity index (χ4n) is 2.79. The molecular weight excluding hydrogens is 253 g/mol. The van der Waals surface area contributed by atoms with Gasteiger partial charge in [-0.25, -0.2) is 4.39 Å². The summed E-state index contributed by atoms with van der Waals surface area (Å²) in [5, 5.41) is 0. The summed E-state index contributed by atoms with van der Waals surface area (Å²) in [6, 6.07) is 12.6. The number of halogens is 1. The van der Waals surface area contributed by atoms with E-state index in [0.29, 0.717) is 6.42 Å². The van der Waals surface area contributed by atoms with Gasteiger partial charge in [0.25, 0.3) is 0 Å². The van der Waals surface area contributed by atoms with Gasteiger partial charge in [-0.2, -0.15) is 0 Å². The van der Waals surface area contributed by atoms with Crippen LogP contribution >= 0.6 is 0 Å². The first-order valence-electron chi connectivity index (χ1n) is 6.85. The minimum atomic E-state index is -0.534. The van der Waals surface area contributed by atoms with Gasteiger partial charge in [-0.05, 0) is 36.6 Å². The maximum absolute atomic E-state index is 13.0. The minimum absolute atomic E-state index is 0.226. The van der Waals surface area contributed by atoms with Crippen molar-refractivity contribution in [2.75, 3.05) is 6.61 Å². The van der Waals surface area contributed by atoms with Gasteiger partial charge in [0.15, 0.2) is 0 Å². The molecule has 0 radical (unpaired) electrons. The Kier molecular flexibility index (Phi) is 3.22. The van der Waals surface area contributed by atoms with Crippen LogP contribution in [0.5, 0.6) is 5.75 Å². The quantitative estimate of drug-likeness (QED) is 0.930. The Morgan fingerprint density at radius 2 is 1.95 bits per heavy atom. The van der Waals surface area contributed by atoms with E-state index in [-0.39, 0.29) is 5.82 Å². The van der Waals surface area contributed by atoms with E-state index < -0.39 is 5.54 Å². The Morgan fingerprint density at radius 1 is 1.20 bits per heavy atom. The highest BCUT2D eigenvalue weighted by molar-refractivity contribution is 5.47. The van der Waals surface area contributed by atoms with Crippen molar-refractivity contribution in [3.8, 4) is 5.75 Å². The Morgan fingerprint density at radius 3 is 2.70 bits per heavy atom. The van der Waals surface area contributed by atoms with E-state index in [9.17, 15) is 4.39 Å². The summed E-state index contributed by atoms with van der Waals surface area (Å²) in [4.78, 5) is 0. The van der Waals surface area contributed by atoms with Crippen molar-refractivity contribution in [2.24, 2.45) is 5.73 Å². The van der Waals surface area contributed by atoms with Crippen LogP contribution in [0.4, 0.5) is 4.39 Å². The second-order valence-corrected chi connectivity index (χ2v) is 5.61. The minimum Gasteiger partial charge on any atom is -0.493 e. The number of rotatable bonds is 3. The predicted molar refractivity (Wildman–Crippen MR) is 77.3 cm³/mol. The lowest BCUT2D eigenvalue weighted by Crippen LogP contribution is -2.35. The third-order valence-electron chi connectivity index (χ3n) is 3.81. The molecule has 1 atom stereocenters. The number of hydrogen-bond donors (Lipinski definition) is 1. The lowest BCUT2D eigenvalue weighted by Gasteiger charge is -2.27. The summed E-state index contributed by atoms with van der Waals surface area (Å²) in [7, 11) is 0. The number of para-hydroxylation sites is 1. The van der Waals surface area contributed by atoms with Gasteiger partial charge in [-0.15, -0.1) is 0 Å². The molecule has 2 aromatic carbocycles. The van der Waals surface area contributed by atoms with Crippen LogP contribution in [0.2, 0.25) is 0 Å². The van der Waals surface area contributed by atoms with Gasteiger partial charge in [-0.3, -0.25) is 0 Å². The molecule has 2 nitrogen and oxygen atoms in total. The third kappa shape index (κ3) is 2.41. The number of fused-ring (bicyclic) bond motifs is 1. The molecule has 0 saturated carbocycles. The SMILES string of the molecule is CC(N)(Cc1ccc(F)cc1)c1cccc2c1OCC2. The van der Waals surface area contributed by atoms with E-state index in [1.165, 1.54) is 17.7 Å². The Balaban J connectivity index is 1.92. The van der Waals surface area contributed by atoms with Crippen LogP contribution in [0.25, 0.3) is 0 Å². The van der Waals surface area contributed by atoms with Gasteiger partial charge in [0.2, 0.25) is 0 Å². The zero-order valence-corrected chi connectivity index (χ0v) is 11.5. The van der Waals surface area contributed by atoms with E-state index in [0.717, 1.165) is 29.9 Å². The van der Waals surface area contributed by atoms with Gasteiger partial charge < -0.3 is 10.5 Å². The van der Waals surface area contributed by atoms with Crippen LogP contribution in [-0.4, -0.2) is 6.61 Å². The van der Waals surface area contributed by atoms with E-state index in [1.54, 1.807) is 12.1 Å². The first-order valence-corrected chi connectivity index (χ1v) is 6.85. The smallest absolute Gasteiger partial charge is 0.127 e. The summed E-state index contributed by atoms with van der Waals surface area (Å²) in [6.45, 7) is 2.71. The molecule has 3 rings (SSSR count). The lowest BCUT2D eigenvalue weighted by atomic mass is 9.85. The Hall–Kier alpha value is -1.87. The zero-order valence-electron chi connectivity index (χ0n) is 11.5. The summed E-state index contributed by atoms with van der Waals surface area (Å²) < 4.78 is 18.7. The topological polar surface area (TPSA) is 35.2 Å². The molecule has 0 aromatic heterocycles. The van der Waals surface area contributed by atoms with Crippen LogP contribution in [0.15, 0.2) is 42.5 Å². The molecular formula is C17H18FNO. The molecule has 0 bridgehead atoms. The molecule has 104 valence electrons. The molecule has 0 amide bonds. The second kappa shape index (κ2) is 4.91. The molecule has 20 heavy (non-hydrogen) atoms. The molecule has 1 unspecified atom stereocenters. The van der Waals surface area contributed by atoms with Crippen LogP contribution in [0.1, 0.15) is 23.6 Å². The predicted octanol–water partition coefficient (Wildman–Crippen LogP) is 3.18. The van der Waals surface area contributed by atoms with Gasteiger partial charge in [0, 0.05) is 17.5 Å². The maximum Gasteiger partial charge on any atom is 0.127 e. The molecule has 0 saturated heterocycles. The van der Waals surface area contributed by atoms with Crippen LogP contribution in [-0.2, 0) is 18.4 Å². The summed E-state index contributed by atoms with van der Waals surface area (Å²) in [6.07, 6.45) is 1.59. The number of nitrogens with two attached hydrogens (primary N) is 1. The fourth-order valence-corrected chi connectivity index (χ4v) is 2.79. The molecule has 1 aliphatic heterocycles. The van der Waals surface area contributed by atoms with Crippen molar-refractivity contribution in [2.45, 2.75) is 25.3 Å². The van der Waals surface area contributed by atoms with E-state index in [1.807, 2.05) is 19.1 Å². The van der Waals surface area contributed by atoms with E-state index in [4.69, 9.17) is 10.5 Å². The van der Waals surface area contributed by atoms with Gasteiger partial charge in [0.05, 0.1) is 6.61 Å². The van der Waals surface area contributed by atoms with E-state index in [2.05, 4.69) is 6.07 Å². The fraction of sp³-hybridized carbons (Fsp3) is 0.294. The molecule has 0 spiro atoms. The Labute approximate surface area is 118 Å². The summed E-state index contributed by atoms with van der Waals surface area (Å²) >= 11 is 0. The number of benzene rings is 2. The highest BCUT2D eigenvalue weighted by atomic mass is 19.1. The van der Waals surface area contributed by atoms with Crippen LogP contribution in [0.3, 0.4) is 0 Å². The highest BCUT2D eigenvalue weighted by Gasteiger charge is 2.28. The summed E-state index contributed by atoms with van der Waals surface area (Å²) in [5.41, 5.74) is 9.24. The van der Waals surface area contributed by atoms with Crippen molar-refractivity contribution >= 4 is 0 Å². The lowest BCUT2D eigenvalue weighted by molar-refractivity contribution is 0.342. The molecule has 1 heterocycles. The molecule has 0 aliphatic carbocycles. The molecule has 2 aromatic rings. The highest BCUT2D eigenvalue weighted by Crippen LogP contribution is 2.36. The van der Waals surface area contributed by atoms with Crippen LogP contribution in [0, 0.1) is 5.82 Å². The van der Waals surface area contributed by atoms with Crippen LogP contribution < -0.4 is 10.5 Å². The van der Waals surface area contributed by atoms with Crippen molar-refractivity contribution in [1.82, 2.24) is 0 Å². The average molecular weight is 271 g/mol. The first-order chi connectivity index (χ1) is 9.56. The van der Waals surface area contributed by atoms with Crippen molar-refractivity contribution in [3.63, 3.8) is 0 Å². The average Bonchev–Trinajstić information content (AvgIpc) is 2.89. The van der Waals surface area contributed by atoms with Gasteiger partial charge in [0.1, 0.15) is 11.6 Å².